The van der Waals surface area contributed by atoms with Crippen LogP contribution < -0.4 is 4.90 Å². The van der Waals surface area contributed by atoms with Crippen LogP contribution >= 0.6 is 0 Å². The maximum atomic E-state index is 9.82. The minimum atomic E-state index is 0.226. The summed E-state index contributed by atoms with van der Waals surface area (Å²) in [7, 11) is 3.85. The van der Waals surface area contributed by atoms with Gasteiger partial charge in [-0.3, -0.25) is 0 Å². The lowest BCUT2D eigenvalue weighted by Gasteiger charge is -2.24. The van der Waals surface area contributed by atoms with Crippen molar-refractivity contribution >= 4 is 5.82 Å². The fraction of sp³-hybridized carbons (Fsp3) is 0.778. The Hall–Kier alpha value is -1.24. The highest BCUT2D eigenvalue weighted by Gasteiger charge is 2.34. The minimum absolute atomic E-state index is 0.226. The molecule has 6 nitrogen and oxygen atoms in total. The number of nitrogens with zero attached hydrogens (tertiary/aromatic N) is 4. The molecule has 0 bridgehead atoms. The number of rotatable bonds is 8. The molecule has 1 saturated heterocycles. The molecular formula is C18H32N4O2. The number of anilines is 1. The molecule has 1 aromatic rings. The molecule has 0 aliphatic carbocycles. The van der Waals surface area contributed by atoms with E-state index in [1.807, 2.05) is 6.92 Å². The maximum Gasteiger partial charge on any atom is 0.135 e. The molecule has 1 fully saturated rings. The van der Waals surface area contributed by atoms with Gasteiger partial charge in [-0.1, -0.05) is 6.92 Å². The van der Waals surface area contributed by atoms with E-state index < -0.39 is 0 Å². The molecule has 2 rings (SSSR count). The molecule has 0 amide bonds. The molecule has 0 radical (unpaired) electrons. The largest absolute Gasteiger partial charge is 0.396 e. The minimum Gasteiger partial charge on any atom is -0.396 e. The molecule has 1 aliphatic heterocycles. The summed E-state index contributed by atoms with van der Waals surface area (Å²) in [6, 6.07) is 0. The second-order valence-corrected chi connectivity index (χ2v) is 6.87. The van der Waals surface area contributed by atoms with Crippen LogP contribution in [0.4, 0.5) is 5.82 Å². The Balaban J connectivity index is 2.14. The molecule has 0 saturated carbocycles. The molecule has 2 heterocycles. The third kappa shape index (κ3) is 4.43. The van der Waals surface area contributed by atoms with E-state index in [-0.39, 0.29) is 12.5 Å². The van der Waals surface area contributed by atoms with Gasteiger partial charge in [-0.15, -0.1) is 0 Å². The number of methoxy groups -OCH3 is 1. The normalized spacial score (nSPS) is 21.0. The van der Waals surface area contributed by atoms with E-state index in [1.165, 1.54) is 5.56 Å². The third-order valence-corrected chi connectivity index (χ3v) is 4.99. The fourth-order valence-corrected chi connectivity index (χ4v) is 3.66. The van der Waals surface area contributed by atoms with Crippen LogP contribution in [0.3, 0.4) is 0 Å². The quantitative estimate of drug-likeness (QED) is 0.772. The van der Waals surface area contributed by atoms with Gasteiger partial charge in [0.25, 0.3) is 0 Å². The molecule has 0 aromatic carbocycles. The second-order valence-electron chi connectivity index (χ2n) is 6.87. The van der Waals surface area contributed by atoms with Gasteiger partial charge in [-0.2, -0.15) is 0 Å². The van der Waals surface area contributed by atoms with Crippen LogP contribution in [-0.4, -0.2) is 73.5 Å². The smallest absolute Gasteiger partial charge is 0.135 e. The lowest BCUT2D eigenvalue weighted by molar-refractivity contribution is 0.136. The Morgan fingerprint density at radius 2 is 1.96 bits per heavy atom. The summed E-state index contributed by atoms with van der Waals surface area (Å²) in [4.78, 5) is 13.9. The Morgan fingerprint density at radius 3 is 2.58 bits per heavy atom. The van der Waals surface area contributed by atoms with E-state index in [2.05, 4.69) is 35.7 Å². The van der Waals surface area contributed by atoms with Crippen molar-refractivity contribution in [2.45, 2.75) is 27.2 Å². The van der Waals surface area contributed by atoms with Crippen LogP contribution in [0.15, 0.2) is 0 Å². The molecule has 1 N–H and O–H groups in total. The summed E-state index contributed by atoms with van der Waals surface area (Å²) in [5.74, 6) is 2.61. The van der Waals surface area contributed by atoms with Crippen LogP contribution in [0.2, 0.25) is 0 Å². The number of aliphatic hydroxyl groups excluding tert-OH is 1. The van der Waals surface area contributed by atoms with Crippen molar-refractivity contribution in [3.8, 4) is 0 Å². The van der Waals surface area contributed by atoms with Crippen molar-refractivity contribution in [2.75, 3.05) is 58.5 Å². The summed E-state index contributed by atoms with van der Waals surface area (Å²) in [6.45, 7) is 10.8. The Kier molecular flexibility index (Phi) is 6.95. The number of likely N-dealkylation sites (N-methyl/N-ethyl adjacent to an activating group) is 1. The second kappa shape index (κ2) is 8.74. The Morgan fingerprint density at radius 1 is 1.25 bits per heavy atom. The summed E-state index contributed by atoms with van der Waals surface area (Å²) >= 11 is 0. The van der Waals surface area contributed by atoms with Crippen molar-refractivity contribution in [1.29, 1.82) is 0 Å². The molecular weight excluding hydrogens is 304 g/mol. The fourth-order valence-electron chi connectivity index (χ4n) is 3.66. The first-order valence-electron chi connectivity index (χ1n) is 8.87. The summed E-state index contributed by atoms with van der Waals surface area (Å²) in [6.07, 6.45) is 0.931. The lowest BCUT2D eigenvalue weighted by Crippen LogP contribution is -2.33. The highest BCUT2D eigenvalue weighted by molar-refractivity contribution is 5.50. The maximum absolute atomic E-state index is 9.82. The molecule has 1 aromatic heterocycles. The zero-order valence-corrected chi connectivity index (χ0v) is 15.7. The average Bonchev–Trinajstić information content (AvgIpc) is 2.95. The van der Waals surface area contributed by atoms with Gasteiger partial charge < -0.3 is 19.6 Å². The number of hydrogen-bond donors (Lipinski definition) is 1. The topological polar surface area (TPSA) is 61.7 Å². The van der Waals surface area contributed by atoms with Crippen molar-refractivity contribution in [3.05, 3.63) is 17.1 Å². The Bertz CT molecular complexity index is 538. The molecule has 0 unspecified atom stereocenters. The van der Waals surface area contributed by atoms with Crippen LogP contribution in [0.5, 0.6) is 0 Å². The Labute approximate surface area is 145 Å². The van der Waals surface area contributed by atoms with E-state index in [0.717, 1.165) is 56.5 Å². The van der Waals surface area contributed by atoms with Gasteiger partial charge in [0.2, 0.25) is 0 Å². The third-order valence-electron chi connectivity index (χ3n) is 4.99. The number of ether oxygens (including phenoxy) is 1. The van der Waals surface area contributed by atoms with Gasteiger partial charge in [0.05, 0.1) is 6.61 Å². The van der Waals surface area contributed by atoms with Crippen LogP contribution in [-0.2, 0) is 11.2 Å². The predicted molar refractivity (Wildman–Crippen MR) is 96.5 cm³/mol. The van der Waals surface area contributed by atoms with Crippen molar-refractivity contribution in [1.82, 2.24) is 14.9 Å². The first-order valence-corrected chi connectivity index (χ1v) is 8.87. The average molecular weight is 336 g/mol. The van der Waals surface area contributed by atoms with Gasteiger partial charge in [0, 0.05) is 57.1 Å². The lowest BCUT2D eigenvalue weighted by atomic mass is 9.96. The van der Waals surface area contributed by atoms with Crippen LogP contribution in [0.1, 0.15) is 24.0 Å². The summed E-state index contributed by atoms with van der Waals surface area (Å²) < 4.78 is 5.16. The number of aryl methyl sites for hydroxylation is 2. The molecule has 2 atom stereocenters. The number of aromatic nitrogens is 2. The zero-order chi connectivity index (χ0) is 17.7. The molecule has 136 valence electrons. The van der Waals surface area contributed by atoms with E-state index in [0.29, 0.717) is 5.92 Å². The van der Waals surface area contributed by atoms with Gasteiger partial charge in [-0.05, 0) is 33.2 Å². The standard InChI is InChI=1S/C18H32N4O2/c1-6-17-13(2)19-14(3)20-18(17)22-10-15(16(11-22)12-23)9-21(4)7-8-24-5/h15-16,23H,6-12H2,1-5H3/t15-,16-/m1/s1. The van der Waals surface area contributed by atoms with Gasteiger partial charge in [0.15, 0.2) is 0 Å². The molecule has 1 aliphatic rings. The number of hydrogen-bond acceptors (Lipinski definition) is 6. The summed E-state index contributed by atoms with van der Waals surface area (Å²) in [5.41, 5.74) is 2.30. The first-order chi connectivity index (χ1) is 11.5. The monoisotopic (exact) mass is 336 g/mol. The van der Waals surface area contributed by atoms with Gasteiger partial charge in [0.1, 0.15) is 11.6 Å². The predicted octanol–water partition coefficient (Wildman–Crippen LogP) is 1.28. The van der Waals surface area contributed by atoms with E-state index in [9.17, 15) is 5.11 Å². The molecule has 0 spiro atoms. The van der Waals surface area contributed by atoms with Crippen molar-refractivity contribution in [2.24, 2.45) is 11.8 Å². The van der Waals surface area contributed by atoms with Crippen LogP contribution in [0.25, 0.3) is 0 Å². The van der Waals surface area contributed by atoms with Gasteiger partial charge in [-0.25, -0.2) is 9.97 Å². The highest BCUT2D eigenvalue weighted by atomic mass is 16.5. The number of aliphatic hydroxyl groups is 1. The summed E-state index contributed by atoms with van der Waals surface area (Å²) in [5, 5.41) is 9.82. The van der Waals surface area contributed by atoms with E-state index in [1.54, 1.807) is 7.11 Å². The van der Waals surface area contributed by atoms with E-state index in [4.69, 9.17) is 9.72 Å². The highest BCUT2D eigenvalue weighted by Crippen LogP contribution is 2.31. The molecule has 6 heteroatoms. The first kappa shape index (κ1) is 19.1. The zero-order valence-electron chi connectivity index (χ0n) is 15.7. The van der Waals surface area contributed by atoms with Crippen molar-refractivity contribution in [3.63, 3.8) is 0 Å². The van der Waals surface area contributed by atoms with Crippen molar-refractivity contribution < 1.29 is 9.84 Å². The van der Waals surface area contributed by atoms with Crippen LogP contribution in [0, 0.1) is 25.7 Å². The van der Waals surface area contributed by atoms with Gasteiger partial charge >= 0.3 is 0 Å². The van der Waals surface area contributed by atoms with E-state index >= 15 is 0 Å². The molecule has 24 heavy (non-hydrogen) atoms. The SMILES string of the molecule is CCc1c(C)nc(C)nc1N1C[C@@H](CN(C)CCOC)[C@@H](CO)C1.